The molecule has 0 radical (unpaired) electrons. The number of hydrogen-bond donors (Lipinski definition) is 1. The molecule has 0 saturated carbocycles. The molecule has 37 heavy (non-hydrogen) atoms. The largest absolute Gasteiger partial charge is 0.347 e. The SMILES string of the molecule is CCN(CC)CC.CCN1C(=O)/C(=C/C=C/C=C2\C=CN(CCCS(=O)(=O)O)c3ccccc32)SC1=S. The van der Waals surface area contributed by atoms with Crippen molar-refractivity contribution in [1.82, 2.24) is 9.80 Å². The molecule has 10 heteroatoms. The van der Waals surface area contributed by atoms with Gasteiger partial charge in [0.15, 0.2) is 0 Å². The summed E-state index contributed by atoms with van der Waals surface area (Å²) in [7, 11) is -3.96. The highest BCUT2D eigenvalue weighted by Gasteiger charge is 2.30. The van der Waals surface area contributed by atoms with E-state index >= 15 is 0 Å². The molecular formula is C27H37N3O4S3. The number of carbonyl (C=O) groups excluding carboxylic acids is 1. The summed E-state index contributed by atoms with van der Waals surface area (Å²) in [5.74, 6) is -0.330. The third-order valence-electron chi connectivity index (χ3n) is 5.93. The number of nitrogens with zero attached hydrogens (tertiary/aromatic N) is 3. The van der Waals surface area contributed by atoms with Gasteiger partial charge in [0.1, 0.15) is 4.32 Å². The van der Waals surface area contributed by atoms with Gasteiger partial charge in [0.2, 0.25) is 0 Å². The lowest BCUT2D eigenvalue weighted by molar-refractivity contribution is -0.122. The Kier molecular flexibility index (Phi) is 12.8. The molecule has 0 bridgehead atoms. The molecule has 3 rings (SSSR count). The molecule has 1 saturated heterocycles. The van der Waals surface area contributed by atoms with Gasteiger partial charge in [-0.3, -0.25) is 14.2 Å². The Hall–Kier alpha value is -2.24. The van der Waals surface area contributed by atoms with E-state index in [9.17, 15) is 13.2 Å². The number of allylic oxidation sites excluding steroid dienone is 6. The first-order chi connectivity index (χ1) is 17.6. The number of benzene rings is 1. The monoisotopic (exact) mass is 563 g/mol. The fourth-order valence-corrected chi connectivity index (χ4v) is 5.66. The molecule has 1 fully saturated rings. The van der Waals surface area contributed by atoms with Crippen LogP contribution in [0, 0.1) is 0 Å². The average Bonchev–Trinajstić information content (AvgIpc) is 3.15. The highest BCUT2D eigenvalue weighted by molar-refractivity contribution is 8.26. The van der Waals surface area contributed by atoms with Crippen molar-refractivity contribution in [2.24, 2.45) is 0 Å². The summed E-state index contributed by atoms with van der Waals surface area (Å²) in [6.45, 7) is 13.1. The summed E-state index contributed by atoms with van der Waals surface area (Å²) in [4.78, 5) is 18.8. The number of rotatable bonds is 10. The molecule has 1 amide bonds. The number of amides is 1. The summed E-state index contributed by atoms with van der Waals surface area (Å²) in [5.41, 5.74) is 3.00. The van der Waals surface area contributed by atoms with E-state index in [0.717, 1.165) is 16.8 Å². The van der Waals surface area contributed by atoms with Crippen molar-refractivity contribution in [3.8, 4) is 0 Å². The lowest BCUT2D eigenvalue weighted by Crippen LogP contribution is -2.27. The number of fused-ring (bicyclic) bond motifs is 1. The fourth-order valence-electron chi connectivity index (χ4n) is 3.83. The van der Waals surface area contributed by atoms with Crippen molar-refractivity contribution in [3.63, 3.8) is 0 Å². The van der Waals surface area contributed by atoms with Gasteiger partial charge in [0.05, 0.1) is 10.7 Å². The van der Waals surface area contributed by atoms with Crippen molar-refractivity contribution in [2.75, 3.05) is 43.4 Å². The van der Waals surface area contributed by atoms with E-state index in [0.29, 0.717) is 28.7 Å². The van der Waals surface area contributed by atoms with Gasteiger partial charge in [-0.2, -0.15) is 8.42 Å². The maximum absolute atomic E-state index is 12.2. The van der Waals surface area contributed by atoms with Gasteiger partial charge in [-0.25, -0.2) is 0 Å². The van der Waals surface area contributed by atoms with Crippen LogP contribution < -0.4 is 4.90 Å². The minimum Gasteiger partial charge on any atom is -0.347 e. The van der Waals surface area contributed by atoms with E-state index in [1.165, 1.54) is 31.4 Å². The quantitative estimate of drug-likeness (QED) is 0.232. The van der Waals surface area contributed by atoms with E-state index in [1.54, 1.807) is 11.0 Å². The predicted octanol–water partition coefficient (Wildman–Crippen LogP) is 5.35. The summed E-state index contributed by atoms with van der Waals surface area (Å²) < 4.78 is 31.4. The molecule has 0 aromatic heterocycles. The van der Waals surface area contributed by atoms with Crippen molar-refractivity contribution in [2.45, 2.75) is 34.1 Å². The normalized spacial score (nSPS) is 17.8. The number of para-hydroxylation sites is 1. The van der Waals surface area contributed by atoms with Gasteiger partial charge in [-0.05, 0) is 56.8 Å². The molecule has 2 heterocycles. The van der Waals surface area contributed by atoms with Crippen LogP contribution in [0.25, 0.3) is 5.57 Å². The van der Waals surface area contributed by atoms with Crippen molar-refractivity contribution < 1.29 is 17.8 Å². The first kappa shape index (κ1) is 31.0. The Morgan fingerprint density at radius 2 is 1.70 bits per heavy atom. The third-order valence-corrected chi connectivity index (χ3v) is 8.13. The fraction of sp³-hybridized carbons (Fsp3) is 0.407. The van der Waals surface area contributed by atoms with Crippen LogP contribution in [-0.4, -0.2) is 71.5 Å². The van der Waals surface area contributed by atoms with Crippen molar-refractivity contribution in [1.29, 1.82) is 0 Å². The van der Waals surface area contributed by atoms with E-state index in [2.05, 4.69) is 25.7 Å². The molecular weight excluding hydrogens is 527 g/mol. The zero-order valence-corrected chi connectivity index (χ0v) is 24.4. The second-order valence-corrected chi connectivity index (χ2v) is 11.5. The third kappa shape index (κ3) is 9.54. The Morgan fingerprint density at radius 1 is 1.05 bits per heavy atom. The second-order valence-electron chi connectivity index (χ2n) is 8.24. The Bertz CT molecular complexity index is 1160. The number of hydrogen-bond acceptors (Lipinski definition) is 7. The lowest BCUT2D eigenvalue weighted by Gasteiger charge is -2.27. The van der Waals surface area contributed by atoms with Crippen LogP contribution in [0.1, 0.15) is 39.7 Å². The number of likely N-dealkylation sites (N-methyl/N-ethyl adjacent to an activating group) is 1. The van der Waals surface area contributed by atoms with Crippen LogP contribution in [0.3, 0.4) is 0 Å². The Balaban J connectivity index is 0.000000604. The second kappa shape index (κ2) is 15.2. The van der Waals surface area contributed by atoms with Crippen molar-refractivity contribution >= 4 is 55.6 Å². The topological polar surface area (TPSA) is 81.2 Å². The van der Waals surface area contributed by atoms with Gasteiger partial charge in [-0.15, -0.1) is 0 Å². The van der Waals surface area contributed by atoms with Crippen LogP contribution in [0.5, 0.6) is 0 Å². The molecule has 7 nitrogen and oxygen atoms in total. The Labute approximate surface area is 231 Å². The molecule has 2 aliphatic rings. The molecule has 202 valence electrons. The van der Waals surface area contributed by atoms with Crippen LogP contribution in [-0.2, 0) is 14.9 Å². The maximum atomic E-state index is 12.2. The standard InChI is InChI=1S/C21H22N2O4S3.C6H15N/c1-2-23-20(24)19(29-21(23)28)11-6-3-8-16-12-14-22(13-7-15-30(25,26)27)18-10-5-4-9-17(16)18;1-4-7(5-2)6-3/h3-6,8-12,14H,2,7,13,15H2,1H3,(H,25,26,27);4-6H2,1-3H3/b6-3+,16-8+,19-11-;. The van der Waals surface area contributed by atoms with Crippen LogP contribution in [0.4, 0.5) is 5.69 Å². The molecule has 0 atom stereocenters. The maximum Gasteiger partial charge on any atom is 0.266 e. The van der Waals surface area contributed by atoms with Crippen LogP contribution in [0.15, 0.2) is 65.8 Å². The number of thioether (sulfide) groups is 1. The van der Waals surface area contributed by atoms with Crippen LogP contribution in [0.2, 0.25) is 0 Å². The molecule has 2 aliphatic heterocycles. The highest BCUT2D eigenvalue weighted by atomic mass is 32.2. The van der Waals surface area contributed by atoms with E-state index in [1.807, 2.05) is 66.6 Å². The highest BCUT2D eigenvalue weighted by Crippen LogP contribution is 2.33. The molecule has 1 aromatic rings. The summed E-state index contributed by atoms with van der Waals surface area (Å²) >= 11 is 6.52. The van der Waals surface area contributed by atoms with Crippen LogP contribution >= 0.6 is 24.0 Å². The zero-order valence-electron chi connectivity index (χ0n) is 22.0. The number of carbonyl (C=O) groups is 1. The predicted molar refractivity (Wildman–Crippen MR) is 160 cm³/mol. The smallest absolute Gasteiger partial charge is 0.266 e. The summed E-state index contributed by atoms with van der Waals surface area (Å²) in [6, 6.07) is 7.85. The van der Waals surface area contributed by atoms with Gasteiger partial charge in [-0.1, -0.05) is 81.2 Å². The first-order valence-corrected chi connectivity index (χ1v) is 15.3. The number of anilines is 1. The van der Waals surface area contributed by atoms with E-state index in [4.69, 9.17) is 16.8 Å². The lowest BCUT2D eigenvalue weighted by atomic mass is 9.99. The minimum absolute atomic E-state index is 0.0618. The molecule has 1 N–H and O–H groups in total. The number of thiocarbonyl (C=S) groups is 1. The van der Waals surface area contributed by atoms with Gasteiger partial charge >= 0.3 is 0 Å². The molecule has 0 unspecified atom stereocenters. The van der Waals surface area contributed by atoms with Gasteiger partial charge in [0.25, 0.3) is 16.0 Å². The zero-order chi connectivity index (χ0) is 27.4. The molecule has 0 spiro atoms. The molecule has 0 aliphatic carbocycles. The van der Waals surface area contributed by atoms with E-state index in [-0.39, 0.29) is 11.7 Å². The summed E-state index contributed by atoms with van der Waals surface area (Å²) in [5, 5.41) is 0. The van der Waals surface area contributed by atoms with Gasteiger partial charge in [0, 0.05) is 30.5 Å². The Morgan fingerprint density at radius 3 is 2.27 bits per heavy atom. The van der Waals surface area contributed by atoms with Gasteiger partial charge < -0.3 is 9.80 Å². The van der Waals surface area contributed by atoms with E-state index < -0.39 is 10.1 Å². The molecule has 1 aromatic carbocycles. The minimum atomic E-state index is -3.96. The summed E-state index contributed by atoms with van der Waals surface area (Å²) in [6.07, 6.45) is 11.6. The van der Waals surface area contributed by atoms with Crippen molar-refractivity contribution in [3.05, 3.63) is 71.3 Å². The first-order valence-electron chi connectivity index (χ1n) is 12.5. The average molecular weight is 564 g/mol.